The largest absolute Gasteiger partial charge is 0.459 e. The van der Waals surface area contributed by atoms with Crippen molar-refractivity contribution in [3.05, 3.63) is 89.6 Å². The van der Waals surface area contributed by atoms with Crippen LogP contribution in [-0.2, 0) is 12.0 Å². The van der Waals surface area contributed by atoms with Gasteiger partial charge < -0.3 is 20.4 Å². The molecular weight excluding hydrogens is 522 g/mol. The lowest BCUT2D eigenvalue weighted by molar-refractivity contribution is 0.0996. The monoisotopic (exact) mass is 548 g/mol. The summed E-state index contributed by atoms with van der Waals surface area (Å²) in [4.78, 5) is 16.4. The van der Waals surface area contributed by atoms with Gasteiger partial charge in [-0.25, -0.2) is 4.39 Å². The van der Waals surface area contributed by atoms with Crippen molar-refractivity contribution in [3.63, 3.8) is 0 Å². The number of carbonyl (C=O) groups is 1. The molecule has 1 aromatic heterocycles. The number of guanidine groups is 1. The summed E-state index contributed by atoms with van der Waals surface area (Å²) in [5, 5.41) is 9.42. The molecule has 0 unspecified atom stereocenters. The van der Waals surface area contributed by atoms with E-state index in [4.69, 9.17) is 4.42 Å². The third-order valence-corrected chi connectivity index (χ3v) is 5.51. The summed E-state index contributed by atoms with van der Waals surface area (Å²) >= 11 is 0. The maximum Gasteiger partial charge on any atom is 0.291 e. The van der Waals surface area contributed by atoms with Crippen LogP contribution in [0.4, 0.5) is 10.1 Å². The fraction of sp³-hybridized carbons (Fsp3) is 0.250. The number of amides is 1. The first kappa shape index (κ1) is 23.8. The van der Waals surface area contributed by atoms with E-state index in [1.807, 2.05) is 36.4 Å². The Bertz CT molecular complexity index is 1080. The number of anilines is 1. The quantitative estimate of drug-likeness (QED) is 0.228. The number of nitrogens with zero attached hydrogens (tertiary/aromatic N) is 1. The first-order valence-electron chi connectivity index (χ1n) is 10.2. The van der Waals surface area contributed by atoms with Crippen LogP contribution in [0.3, 0.4) is 0 Å². The summed E-state index contributed by atoms with van der Waals surface area (Å²) < 4.78 is 19.3. The normalized spacial score (nSPS) is 14.2. The van der Waals surface area contributed by atoms with E-state index in [2.05, 4.69) is 20.9 Å². The lowest BCUT2D eigenvalue weighted by Crippen LogP contribution is -2.41. The van der Waals surface area contributed by atoms with Crippen molar-refractivity contribution in [3.8, 4) is 0 Å². The second kappa shape index (κ2) is 10.6. The van der Waals surface area contributed by atoms with Gasteiger partial charge in [0.2, 0.25) is 0 Å². The molecule has 4 rings (SSSR count). The fourth-order valence-corrected chi connectivity index (χ4v) is 3.60. The van der Waals surface area contributed by atoms with Crippen LogP contribution in [0.5, 0.6) is 0 Å². The topological polar surface area (TPSA) is 78.7 Å². The maximum atomic E-state index is 14.2. The van der Waals surface area contributed by atoms with Crippen LogP contribution in [0.15, 0.2) is 76.3 Å². The Labute approximate surface area is 203 Å². The van der Waals surface area contributed by atoms with Gasteiger partial charge in [0.05, 0.1) is 6.26 Å². The zero-order chi connectivity index (χ0) is 21.7. The van der Waals surface area contributed by atoms with Gasteiger partial charge in [-0.3, -0.25) is 9.79 Å². The molecule has 1 saturated carbocycles. The molecule has 1 aliphatic rings. The van der Waals surface area contributed by atoms with E-state index in [1.165, 1.54) is 12.3 Å². The van der Waals surface area contributed by atoms with Crippen LogP contribution >= 0.6 is 24.0 Å². The highest BCUT2D eigenvalue weighted by atomic mass is 127. The Balaban J connectivity index is 0.00000289. The Kier molecular flexibility index (Phi) is 7.89. The molecule has 32 heavy (non-hydrogen) atoms. The molecule has 1 heterocycles. The van der Waals surface area contributed by atoms with Gasteiger partial charge in [-0.1, -0.05) is 30.3 Å². The van der Waals surface area contributed by atoms with Crippen LogP contribution in [0.2, 0.25) is 0 Å². The SMILES string of the molecule is CN=C(NCc1cccc(NC(=O)c2ccco2)c1)NCC1(c2ccccc2F)CC1.I. The molecule has 1 fully saturated rings. The highest BCUT2D eigenvalue weighted by Crippen LogP contribution is 2.48. The molecule has 168 valence electrons. The van der Waals surface area contributed by atoms with E-state index < -0.39 is 0 Å². The third kappa shape index (κ3) is 5.67. The molecule has 1 amide bonds. The summed E-state index contributed by atoms with van der Waals surface area (Å²) in [6.07, 6.45) is 3.37. The van der Waals surface area contributed by atoms with Gasteiger partial charge in [-0.05, 0) is 54.3 Å². The van der Waals surface area contributed by atoms with Crippen molar-refractivity contribution in [1.29, 1.82) is 0 Å². The number of nitrogens with one attached hydrogen (secondary N) is 3. The fourth-order valence-electron chi connectivity index (χ4n) is 3.60. The number of carbonyl (C=O) groups excluding carboxylic acids is 1. The summed E-state index contributed by atoms with van der Waals surface area (Å²) in [5.41, 5.74) is 2.26. The average Bonchev–Trinajstić information content (AvgIpc) is 3.35. The molecule has 0 aliphatic heterocycles. The molecule has 8 heteroatoms. The van der Waals surface area contributed by atoms with Crippen molar-refractivity contribution in [2.75, 3.05) is 18.9 Å². The summed E-state index contributed by atoms with van der Waals surface area (Å²) in [6.45, 7) is 1.14. The van der Waals surface area contributed by atoms with Gasteiger partial charge in [-0.15, -0.1) is 24.0 Å². The molecule has 3 aromatic rings. The highest BCUT2D eigenvalue weighted by Gasteiger charge is 2.45. The molecular formula is C24H26FIN4O2. The lowest BCUT2D eigenvalue weighted by atomic mass is 9.95. The minimum absolute atomic E-state index is 0. The minimum atomic E-state index is -0.296. The van der Waals surface area contributed by atoms with Gasteiger partial charge in [0, 0.05) is 31.2 Å². The van der Waals surface area contributed by atoms with E-state index >= 15 is 0 Å². The smallest absolute Gasteiger partial charge is 0.291 e. The standard InChI is InChI=1S/C24H25FN4O2.HI/c1-26-23(28-16-24(11-12-24)19-8-2-3-9-20(19)25)27-15-17-6-4-7-18(14-17)29-22(30)21-10-5-13-31-21;/h2-10,13-14H,11-12,15-16H2,1H3,(H,29,30)(H2,26,27,28);1H. The number of furan rings is 1. The van der Waals surface area contributed by atoms with Gasteiger partial charge in [-0.2, -0.15) is 0 Å². The van der Waals surface area contributed by atoms with Crippen LogP contribution in [0.25, 0.3) is 0 Å². The van der Waals surface area contributed by atoms with Crippen LogP contribution in [-0.4, -0.2) is 25.5 Å². The van der Waals surface area contributed by atoms with Crippen LogP contribution in [0.1, 0.15) is 34.5 Å². The maximum absolute atomic E-state index is 14.2. The predicted molar refractivity (Wildman–Crippen MR) is 134 cm³/mol. The van der Waals surface area contributed by atoms with Crippen molar-refractivity contribution in [1.82, 2.24) is 10.6 Å². The molecule has 3 N–H and O–H groups in total. The predicted octanol–water partition coefficient (Wildman–Crippen LogP) is 4.69. The molecule has 6 nitrogen and oxygen atoms in total. The van der Waals surface area contributed by atoms with Crippen LogP contribution < -0.4 is 16.0 Å². The third-order valence-electron chi connectivity index (χ3n) is 5.51. The van der Waals surface area contributed by atoms with Gasteiger partial charge in [0.1, 0.15) is 5.82 Å². The molecule has 0 spiro atoms. The van der Waals surface area contributed by atoms with E-state index in [0.717, 1.165) is 24.0 Å². The number of halogens is 2. The first-order valence-corrected chi connectivity index (χ1v) is 10.2. The van der Waals surface area contributed by atoms with E-state index in [-0.39, 0.29) is 46.9 Å². The second-order valence-electron chi connectivity index (χ2n) is 7.67. The van der Waals surface area contributed by atoms with E-state index in [1.54, 1.807) is 25.2 Å². The number of benzene rings is 2. The zero-order valence-corrected chi connectivity index (χ0v) is 20.1. The Morgan fingerprint density at radius 1 is 1.09 bits per heavy atom. The van der Waals surface area contributed by atoms with Gasteiger partial charge in [0.15, 0.2) is 11.7 Å². The van der Waals surface area contributed by atoms with Crippen molar-refractivity contribution in [2.24, 2.45) is 4.99 Å². The van der Waals surface area contributed by atoms with Crippen molar-refractivity contribution in [2.45, 2.75) is 24.8 Å². The number of hydrogen-bond acceptors (Lipinski definition) is 3. The number of rotatable bonds is 7. The Hall–Kier alpha value is -2.88. The molecule has 0 bridgehead atoms. The number of aliphatic imine (C=N–C) groups is 1. The van der Waals surface area contributed by atoms with E-state index in [0.29, 0.717) is 24.7 Å². The number of hydrogen-bond donors (Lipinski definition) is 3. The highest BCUT2D eigenvalue weighted by molar-refractivity contribution is 14.0. The van der Waals surface area contributed by atoms with Crippen molar-refractivity contribution < 1.29 is 13.6 Å². The molecule has 1 aliphatic carbocycles. The Morgan fingerprint density at radius 2 is 1.91 bits per heavy atom. The summed E-state index contributed by atoms with van der Waals surface area (Å²) in [5.74, 6) is 0.457. The first-order chi connectivity index (χ1) is 15.1. The Morgan fingerprint density at radius 3 is 2.59 bits per heavy atom. The van der Waals surface area contributed by atoms with Crippen LogP contribution in [0, 0.1) is 5.82 Å². The van der Waals surface area contributed by atoms with Gasteiger partial charge in [0.25, 0.3) is 5.91 Å². The molecule has 0 saturated heterocycles. The van der Waals surface area contributed by atoms with Crippen molar-refractivity contribution >= 4 is 41.5 Å². The molecule has 0 radical (unpaired) electrons. The van der Waals surface area contributed by atoms with E-state index in [9.17, 15) is 9.18 Å². The summed E-state index contributed by atoms with van der Waals surface area (Å²) in [6, 6.07) is 17.8. The lowest BCUT2D eigenvalue weighted by Gasteiger charge is -2.19. The van der Waals surface area contributed by atoms with Gasteiger partial charge >= 0.3 is 0 Å². The average molecular weight is 548 g/mol. The minimum Gasteiger partial charge on any atom is -0.459 e. The molecule has 2 aromatic carbocycles. The summed E-state index contributed by atoms with van der Waals surface area (Å²) in [7, 11) is 1.71. The zero-order valence-electron chi connectivity index (χ0n) is 17.7. The second-order valence-corrected chi connectivity index (χ2v) is 7.67. The molecule has 0 atom stereocenters.